The van der Waals surface area contributed by atoms with Gasteiger partial charge in [-0.1, -0.05) is 12.1 Å². The van der Waals surface area contributed by atoms with Crippen LogP contribution < -0.4 is 10.3 Å². The van der Waals surface area contributed by atoms with Crippen molar-refractivity contribution >= 4 is 42.2 Å². The number of fused-ring (bicyclic) bond motifs is 2. The maximum Gasteiger partial charge on any atom is 0.274 e. The van der Waals surface area contributed by atoms with E-state index in [-0.39, 0.29) is 21.9 Å². The van der Waals surface area contributed by atoms with Crippen molar-refractivity contribution in [3.8, 4) is 5.88 Å². The zero-order chi connectivity index (χ0) is 23.2. The van der Waals surface area contributed by atoms with Crippen LogP contribution in [0.15, 0.2) is 75.5 Å². The van der Waals surface area contributed by atoms with Gasteiger partial charge < -0.3 is 4.74 Å². The smallest absolute Gasteiger partial charge is 0.274 e. The van der Waals surface area contributed by atoms with Crippen molar-refractivity contribution in [3.05, 3.63) is 81.8 Å². The van der Waals surface area contributed by atoms with Crippen molar-refractivity contribution in [2.75, 3.05) is 7.11 Å². The summed E-state index contributed by atoms with van der Waals surface area (Å²) >= 11 is 1.45. The topological polar surface area (TPSA) is 104 Å². The predicted octanol–water partition coefficient (Wildman–Crippen LogP) is 3.60. The Hall–Kier alpha value is -3.63. The third-order valence-corrected chi connectivity index (χ3v) is 7.97. The van der Waals surface area contributed by atoms with Gasteiger partial charge in [0.05, 0.1) is 44.7 Å². The Morgan fingerprint density at radius 1 is 1.09 bits per heavy atom. The lowest BCUT2D eigenvalue weighted by Gasteiger charge is -2.09. The highest BCUT2D eigenvalue weighted by molar-refractivity contribution is 7.91. The van der Waals surface area contributed by atoms with E-state index in [4.69, 9.17) is 4.74 Å². The first kappa shape index (κ1) is 21.2. The lowest BCUT2D eigenvalue weighted by Crippen LogP contribution is -2.23. The van der Waals surface area contributed by atoms with E-state index < -0.39 is 9.84 Å². The number of para-hydroxylation sites is 1. The molecule has 2 aromatic carbocycles. The average molecular weight is 479 g/mol. The molecule has 5 rings (SSSR count). The number of benzene rings is 2. The Morgan fingerprint density at radius 3 is 2.70 bits per heavy atom. The minimum atomic E-state index is -3.83. The minimum Gasteiger partial charge on any atom is -0.481 e. The molecule has 0 N–H and O–H groups in total. The number of sulfone groups is 1. The molecule has 0 fully saturated rings. The monoisotopic (exact) mass is 478 g/mol. The van der Waals surface area contributed by atoms with Gasteiger partial charge in [-0.3, -0.25) is 4.79 Å². The standard InChI is InChI=1S/C23H18N4O4S2/c1-14-26-22-19(32-14)4-3-5-20(22)33(29,30)17-7-8-18-16(10-17)12-25-27(23(18)28)13-15-6-9-21(31-2)24-11-15/h3-12H,13H2,1-2H3. The van der Waals surface area contributed by atoms with Gasteiger partial charge in [-0.2, -0.15) is 5.10 Å². The van der Waals surface area contributed by atoms with Gasteiger partial charge in [0.15, 0.2) is 0 Å². The van der Waals surface area contributed by atoms with Crippen molar-refractivity contribution in [1.29, 1.82) is 0 Å². The number of thiazole rings is 1. The number of ether oxygens (including phenoxy) is 1. The van der Waals surface area contributed by atoms with E-state index >= 15 is 0 Å². The second-order valence-corrected chi connectivity index (χ2v) is 10.6. The van der Waals surface area contributed by atoms with Crippen LogP contribution in [0.1, 0.15) is 10.6 Å². The fraction of sp³-hybridized carbons (Fsp3) is 0.130. The van der Waals surface area contributed by atoms with E-state index in [0.717, 1.165) is 15.3 Å². The van der Waals surface area contributed by atoms with E-state index in [1.165, 1.54) is 47.5 Å². The summed E-state index contributed by atoms with van der Waals surface area (Å²) in [7, 11) is -2.30. The lowest BCUT2D eigenvalue weighted by atomic mass is 10.2. The summed E-state index contributed by atoms with van der Waals surface area (Å²) in [5, 5.41) is 5.86. The van der Waals surface area contributed by atoms with E-state index in [1.807, 2.05) is 13.0 Å². The molecule has 0 aliphatic heterocycles. The number of hydrogen-bond acceptors (Lipinski definition) is 8. The molecule has 0 atom stereocenters. The van der Waals surface area contributed by atoms with Gasteiger partial charge in [0.25, 0.3) is 5.56 Å². The molecule has 0 amide bonds. The van der Waals surface area contributed by atoms with Crippen LogP contribution in [0.3, 0.4) is 0 Å². The van der Waals surface area contributed by atoms with E-state index in [2.05, 4.69) is 15.1 Å². The van der Waals surface area contributed by atoms with Crippen LogP contribution in [-0.4, -0.2) is 35.3 Å². The van der Waals surface area contributed by atoms with Crippen molar-refractivity contribution in [1.82, 2.24) is 19.7 Å². The molecule has 8 nitrogen and oxygen atoms in total. The number of aryl methyl sites for hydroxylation is 1. The quantitative estimate of drug-likeness (QED) is 0.380. The van der Waals surface area contributed by atoms with Gasteiger partial charge in [-0.25, -0.2) is 23.1 Å². The van der Waals surface area contributed by atoms with Crippen LogP contribution in [0, 0.1) is 6.92 Å². The molecule has 0 saturated heterocycles. The first-order valence-corrected chi connectivity index (χ1v) is 12.3. The second kappa shape index (κ2) is 8.05. The zero-order valence-electron chi connectivity index (χ0n) is 17.7. The zero-order valence-corrected chi connectivity index (χ0v) is 19.4. The SMILES string of the molecule is COc1ccc(Cn2ncc3cc(S(=O)(=O)c4cccc5sc(C)nc45)ccc3c2=O)cn1. The van der Waals surface area contributed by atoms with Crippen LogP contribution in [-0.2, 0) is 16.4 Å². The maximum atomic E-state index is 13.4. The number of pyridine rings is 1. The van der Waals surface area contributed by atoms with Gasteiger partial charge in [0, 0.05) is 17.6 Å². The third kappa shape index (κ3) is 3.77. The Labute approximate surface area is 193 Å². The highest BCUT2D eigenvalue weighted by Crippen LogP contribution is 2.31. The van der Waals surface area contributed by atoms with E-state index in [1.54, 1.807) is 30.5 Å². The van der Waals surface area contributed by atoms with Crippen LogP contribution in [0.25, 0.3) is 21.0 Å². The molecule has 0 unspecified atom stereocenters. The predicted molar refractivity (Wildman–Crippen MR) is 126 cm³/mol. The van der Waals surface area contributed by atoms with Crippen LogP contribution in [0.2, 0.25) is 0 Å². The number of nitrogens with zero attached hydrogens (tertiary/aromatic N) is 4. The lowest BCUT2D eigenvalue weighted by molar-refractivity contribution is 0.397. The van der Waals surface area contributed by atoms with Crippen molar-refractivity contribution in [2.45, 2.75) is 23.3 Å². The molecular formula is C23H18N4O4S2. The van der Waals surface area contributed by atoms with Gasteiger partial charge >= 0.3 is 0 Å². The minimum absolute atomic E-state index is 0.0893. The largest absolute Gasteiger partial charge is 0.481 e. The molecule has 0 aliphatic carbocycles. The number of hydrogen-bond donors (Lipinski definition) is 0. The molecule has 33 heavy (non-hydrogen) atoms. The second-order valence-electron chi connectivity index (χ2n) is 7.40. The van der Waals surface area contributed by atoms with Crippen molar-refractivity contribution in [2.24, 2.45) is 0 Å². The summed E-state index contributed by atoms with van der Waals surface area (Å²) < 4.78 is 34.0. The molecule has 0 spiro atoms. The Balaban J connectivity index is 1.54. The van der Waals surface area contributed by atoms with Crippen LogP contribution in [0.5, 0.6) is 5.88 Å². The van der Waals surface area contributed by atoms with Crippen LogP contribution in [0.4, 0.5) is 0 Å². The molecule has 0 radical (unpaired) electrons. The summed E-state index contributed by atoms with van der Waals surface area (Å²) in [6, 6.07) is 13.1. The Kier molecular flexibility index (Phi) is 5.18. The molecule has 5 aromatic rings. The molecule has 166 valence electrons. The molecule has 3 heterocycles. The molecular weight excluding hydrogens is 460 g/mol. The number of aromatic nitrogens is 4. The summed E-state index contributed by atoms with van der Waals surface area (Å²) in [6.45, 7) is 2.08. The molecule has 10 heteroatoms. The summed E-state index contributed by atoms with van der Waals surface area (Å²) in [4.78, 5) is 21.7. The van der Waals surface area contributed by atoms with Gasteiger partial charge in [-0.15, -0.1) is 11.3 Å². The number of methoxy groups -OCH3 is 1. The third-order valence-electron chi connectivity index (χ3n) is 5.25. The van der Waals surface area contributed by atoms with Gasteiger partial charge in [0.2, 0.25) is 15.7 Å². The number of rotatable bonds is 5. The summed E-state index contributed by atoms with van der Waals surface area (Å²) in [5.41, 5.74) is 0.932. The molecule has 0 saturated carbocycles. The fourth-order valence-corrected chi connectivity index (χ4v) is 5.99. The first-order valence-electron chi connectivity index (χ1n) is 9.97. The van der Waals surface area contributed by atoms with E-state index in [0.29, 0.717) is 22.2 Å². The normalized spacial score (nSPS) is 11.8. The summed E-state index contributed by atoms with van der Waals surface area (Å²) in [6.07, 6.45) is 3.12. The summed E-state index contributed by atoms with van der Waals surface area (Å²) in [5.74, 6) is 0.481. The van der Waals surface area contributed by atoms with Crippen molar-refractivity contribution in [3.63, 3.8) is 0 Å². The highest BCUT2D eigenvalue weighted by Gasteiger charge is 2.23. The molecule has 0 bridgehead atoms. The highest BCUT2D eigenvalue weighted by atomic mass is 32.2. The van der Waals surface area contributed by atoms with E-state index in [9.17, 15) is 13.2 Å². The van der Waals surface area contributed by atoms with Crippen LogP contribution >= 0.6 is 11.3 Å². The maximum absolute atomic E-state index is 13.4. The van der Waals surface area contributed by atoms with Gasteiger partial charge in [-0.05, 0) is 42.8 Å². The van der Waals surface area contributed by atoms with Gasteiger partial charge in [0.1, 0.15) is 5.52 Å². The fourth-order valence-electron chi connectivity index (χ4n) is 3.62. The Bertz CT molecular complexity index is 1670. The Morgan fingerprint density at radius 2 is 1.94 bits per heavy atom. The van der Waals surface area contributed by atoms with Crippen molar-refractivity contribution < 1.29 is 13.2 Å². The molecule has 0 aliphatic rings. The average Bonchev–Trinajstić information content (AvgIpc) is 3.21. The molecule has 3 aromatic heterocycles. The first-order chi connectivity index (χ1) is 15.9.